The summed E-state index contributed by atoms with van der Waals surface area (Å²) in [6.07, 6.45) is 1.66. The first-order valence-corrected chi connectivity index (χ1v) is 9.11. The van der Waals surface area contributed by atoms with Gasteiger partial charge in [-0.2, -0.15) is 0 Å². The first kappa shape index (κ1) is 16.7. The zero-order chi connectivity index (χ0) is 17.0. The zero-order valence-electron chi connectivity index (χ0n) is 13.8. The molecule has 0 radical (unpaired) electrons. The van der Waals surface area contributed by atoms with Gasteiger partial charge in [0.15, 0.2) is 0 Å². The van der Waals surface area contributed by atoms with Crippen LogP contribution in [0.4, 0.5) is 0 Å². The molecule has 1 aromatic carbocycles. The monoisotopic (exact) mass is 342 g/mol. The van der Waals surface area contributed by atoms with E-state index in [0.29, 0.717) is 13.1 Å². The van der Waals surface area contributed by atoms with Crippen molar-refractivity contribution in [1.29, 1.82) is 0 Å². The van der Waals surface area contributed by atoms with Crippen LogP contribution in [-0.4, -0.2) is 29.8 Å². The van der Waals surface area contributed by atoms with Gasteiger partial charge in [-0.05, 0) is 36.8 Å². The molecule has 5 heteroatoms. The fraction of sp³-hybridized carbons (Fsp3) is 0.368. The van der Waals surface area contributed by atoms with E-state index in [-0.39, 0.29) is 11.8 Å². The van der Waals surface area contributed by atoms with Gasteiger partial charge in [0.05, 0.1) is 10.3 Å². The van der Waals surface area contributed by atoms with E-state index < -0.39 is 5.41 Å². The average molecular weight is 342 g/mol. The Bertz CT molecular complexity index is 699. The quantitative estimate of drug-likeness (QED) is 0.927. The van der Waals surface area contributed by atoms with Crippen LogP contribution in [0.1, 0.15) is 35.0 Å². The number of amides is 2. The molecule has 0 unspecified atom stereocenters. The Kier molecular flexibility index (Phi) is 5.00. The van der Waals surface area contributed by atoms with Gasteiger partial charge in [-0.25, -0.2) is 0 Å². The summed E-state index contributed by atoms with van der Waals surface area (Å²) < 4.78 is 0. The van der Waals surface area contributed by atoms with E-state index >= 15 is 0 Å². The average Bonchev–Trinajstić information content (AvgIpc) is 3.14. The van der Waals surface area contributed by atoms with E-state index in [9.17, 15) is 9.59 Å². The van der Waals surface area contributed by atoms with Crippen molar-refractivity contribution in [1.82, 2.24) is 10.2 Å². The van der Waals surface area contributed by atoms with Crippen LogP contribution < -0.4 is 5.32 Å². The van der Waals surface area contributed by atoms with Crippen molar-refractivity contribution in [3.63, 3.8) is 0 Å². The van der Waals surface area contributed by atoms with Crippen LogP contribution in [0.15, 0.2) is 47.8 Å². The van der Waals surface area contributed by atoms with Gasteiger partial charge in [0.25, 0.3) is 5.91 Å². The molecule has 0 saturated carbocycles. The predicted octanol–water partition coefficient (Wildman–Crippen LogP) is 3.31. The fourth-order valence-electron chi connectivity index (χ4n) is 3.15. The molecule has 0 spiro atoms. The van der Waals surface area contributed by atoms with E-state index in [1.807, 2.05) is 59.7 Å². The number of hydrogen-bond donors (Lipinski definition) is 1. The number of carbonyl (C=O) groups is 2. The largest absolute Gasteiger partial charge is 0.351 e. The summed E-state index contributed by atoms with van der Waals surface area (Å²) in [7, 11) is 0. The van der Waals surface area contributed by atoms with Crippen LogP contribution in [0.25, 0.3) is 0 Å². The SMILES string of the molecule is C[C@]1(C(=O)NCc2ccccc2)CCCN(C(=O)c2cccs2)C1. The van der Waals surface area contributed by atoms with E-state index in [0.717, 1.165) is 29.8 Å². The van der Waals surface area contributed by atoms with E-state index in [1.54, 1.807) is 0 Å². The molecule has 1 fully saturated rings. The van der Waals surface area contributed by atoms with Gasteiger partial charge in [0.1, 0.15) is 0 Å². The fourth-order valence-corrected chi connectivity index (χ4v) is 3.84. The van der Waals surface area contributed by atoms with Crippen LogP contribution in [0.2, 0.25) is 0 Å². The molecule has 126 valence electrons. The number of thiophene rings is 1. The number of nitrogens with one attached hydrogen (secondary N) is 1. The highest BCUT2D eigenvalue weighted by molar-refractivity contribution is 7.12. The van der Waals surface area contributed by atoms with Gasteiger partial charge in [0, 0.05) is 19.6 Å². The predicted molar refractivity (Wildman–Crippen MR) is 95.9 cm³/mol. The molecule has 3 rings (SSSR count). The lowest BCUT2D eigenvalue weighted by atomic mass is 9.81. The number of carbonyl (C=O) groups excluding carboxylic acids is 2. The summed E-state index contributed by atoms with van der Waals surface area (Å²) in [5.41, 5.74) is 0.553. The summed E-state index contributed by atoms with van der Waals surface area (Å²) >= 11 is 1.45. The Morgan fingerprint density at radius 1 is 1.21 bits per heavy atom. The first-order valence-electron chi connectivity index (χ1n) is 8.23. The number of rotatable bonds is 4. The van der Waals surface area contributed by atoms with Crippen molar-refractivity contribution in [2.24, 2.45) is 5.41 Å². The van der Waals surface area contributed by atoms with Gasteiger partial charge in [-0.15, -0.1) is 11.3 Å². The van der Waals surface area contributed by atoms with Crippen molar-refractivity contribution in [2.75, 3.05) is 13.1 Å². The standard InChI is InChI=1S/C19H22N2O2S/c1-19(18(23)20-13-15-7-3-2-4-8-15)10-6-11-21(14-19)17(22)16-9-5-12-24-16/h2-5,7-9,12H,6,10-11,13-14H2,1H3,(H,20,23)/t19-/m0/s1. The number of piperidine rings is 1. The molecule has 2 amide bonds. The minimum atomic E-state index is -0.528. The third kappa shape index (κ3) is 3.67. The number of hydrogen-bond acceptors (Lipinski definition) is 3. The third-order valence-electron chi connectivity index (χ3n) is 4.56. The molecule has 2 aromatic rings. The lowest BCUT2D eigenvalue weighted by molar-refractivity contribution is -0.132. The Labute approximate surface area is 146 Å². The third-order valence-corrected chi connectivity index (χ3v) is 5.42. The second kappa shape index (κ2) is 7.18. The van der Waals surface area contributed by atoms with Crippen LogP contribution in [0, 0.1) is 5.41 Å². The molecule has 2 heterocycles. The molecule has 1 N–H and O–H groups in total. The number of nitrogens with zero attached hydrogens (tertiary/aromatic N) is 1. The summed E-state index contributed by atoms with van der Waals surface area (Å²) in [4.78, 5) is 27.8. The van der Waals surface area contributed by atoms with Gasteiger partial charge in [0.2, 0.25) is 5.91 Å². The summed E-state index contributed by atoms with van der Waals surface area (Å²) in [6.45, 7) is 3.68. The maximum atomic E-state index is 12.7. The highest BCUT2D eigenvalue weighted by Gasteiger charge is 2.39. The van der Waals surface area contributed by atoms with Crippen LogP contribution >= 0.6 is 11.3 Å². The van der Waals surface area contributed by atoms with E-state index in [4.69, 9.17) is 0 Å². The van der Waals surface area contributed by atoms with Gasteiger partial charge < -0.3 is 10.2 Å². The Balaban J connectivity index is 1.63. The van der Waals surface area contributed by atoms with Crippen molar-refractivity contribution in [3.05, 3.63) is 58.3 Å². The molecule has 1 atom stereocenters. The summed E-state index contributed by atoms with van der Waals surface area (Å²) in [5, 5.41) is 4.93. The molecule has 1 aromatic heterocycles. The van der Waals surface area contributed by atoms with Crippen molar-refractivity contribution < 1.29 is 9.59 Å². The molecule has 0 aliphatic carbocycles. The molecule has 24 heavy (non-hydrogen) atoms. The lowest BCUT2D eigenvalue weighted by Crippen LogP contribution is -2.51. The van der Waals surface area contributed by atoms with Crippen molar-refractivity contribution in [2.45, 2.75) is 26.3 Å². The number of benzene rings is 1. The second-order valence-electron chi connectivity index (χ2n) is 6.54. The first-order chi connectivity index (χ1) is 11.6. The van der Waals surface area contributed by atoms with E-state index in [2.05, 4.69) is 5.32 Å². The molecule has 4 nitrogen and oxygen atoms in total. The minimum Gasteiger partial charge on any atom is -0.351 e. The molecular weight excluding hydrogens is 320 g/mol. The summed E-state index contributed by atoms with van der Waals surface area (Å²) in [5.74, 6) is 0.0572. The topological polar surface area (TPSA) is 49.4 Å². The smallest absolute Gasteiger partial charge is 0.263 e. The highest BCUT2D eigenvalue weighted by Crippen LogP contribution is 2.31. The minimum absolute atomic E-state index is 0.0232. The van der Waals surface area contributed by atoms with Crippen LogP contribution in [0.5, 0.6) is 0 Å². The molecule has 1 saturated heterocycles. The highest BCUT2D eigenvalue weighted by atomic mass is 32.1. The molecule has 1 aliphatic heterocycles. The second-order valence-corrected chi connectivity index (χ2v) is 7.48. The van der Waals surface area contributed by atoms with Gasteiger partial charge in [-0.1, -0.05) is 36.4 Å². The van der Waals surface area contributed by atoms with Crippen molar-refractivity contribution in [3.8, 4) is 0 Å². The van der Waals surface area contributed by atoms with Crippen LogP contribution in [0.3, 0.4) is 0 Å². The Morgan fingerprint density at radius 3 is 2.71 bits per heavy atom. The maximum Gasteiger partial charge on any atom is 0.263 e. The van der Waals surface area contributed by atoms with Crippen molar-refractivity contribution >= 4 is 23.2 Å². The Morgan fingerprint density at radius 2 is 2.00 bits per heavy atom. The zero-order valence-corrected chi connectivity index (χ0v) is 14.6. The summed E-state index contributed by atoms with van der Waals surface area (Å²) in [6, 6.07) is 13.6. The van der Waals surface area contributed by atoms with Crippen LogP contribution in [-0.2, 0) is 11.3 Å². The molecular formula is C19H22N2O2S. The maximum absolute atomic E-state index is 12.7. The normalized spacial score (nSPS) is 20.6. The van der Waals surface area contributed by atoms with E-state index in [1.165, 1.54) is 11.3 Å². The Hall–Kier alpha value is -2.14. The molecule has 1 aliphatic rings. The number of likely N-dealkylation sites (tertiary alicyclic amines) is 1. The lowest BCUT2D eigenvalue weighted by Gasteiger charge is -2.39. The van der Waals surface area contributed by atoms with Gasteiger partial charge in [-0.3, -0.25) is 9.59 Å². The van der Waals surface area contributed by atoms with Gasteiger partial charge >= 0.3 is 0 Å². The molecule has 0 bridgehead atoms.